The van der Waals surface area contributed by atoms with Crippen LogP contribution in [0.3, 0.4) is 0 Å². The van der Waals surface area contributed by atoms with Crippen molar-refractivity contribution in [1.29, 1.82) is 0 Å². The van der Waals surface area contributed by atoms with Gasteiger partial charge in [0.05, 0.1) is 6.04 Å². The van der Waals surface area contributed by atoms with Crippen LogP contribution in [0, 0.1) is 0 Å². The third kappa shape index (κ3) is 2.57. The summed E-state index contributed by atoms with van der Waals surface area (Å²) in [5.74, 6) is 2.03. The smallest absolute Gasteiger partial charge is 0.154 e. The van der Waals surface area contributed by atoms with Gasteiger partial charge in [-0.3, -0.25) is 4.98 Å². The van der Waals surface area contributed by atoms with E-state index >= 15 is 0 Å². The highest BCUT2D eigenvalue weighted by Gasteiger charge is 2.25. The van der Waals surface area contributed by atoms with Crippen molar-refractivity contribution in [3.63, 3.8) is 0 Å². The summed E-state index contributed by atoms with van der Waals surface area (Å²) in [6.07, 6.45) is 5.54. The van der Waals surface area contributed by atoms with E-state index in [4.69, 9.17) is 4.74 Å². The van der Waals surface area contributed by atoms with Crippen LogP contribution in [-0.2, 0) is 17.7 Å². The predicted octanol–water partition coefficient (Wildman–Crippen LogP) is 0.945. The Kier molecular flexibility index (Phi) is 4.03. The first-order chi connectivity index (χ1) is 9.90. The molecule has 1 aliphatic rings. The molecule has 2 aromatic heterocycles. The highest BCUT2D eigenvalue weighted by Crippen LogP contribution is 2.23. The first-order valence-corrected chi connectivity index (χ1v) is 6.94. The number of aromatic nitrogens is 4. The SMILES string of the molecule is COCCCc1nnc2n1CCNC2c1cccnc1. The van der Waals surface area contributed by atoms with Gasteiger partial charge in [-0.15, -0.1) is 10.2 Å². The van der Waals surface area contributed by atoms with E-state index < -0.39 is 0 Å². The Morgan fingerprint density at radius 3 is 3.20 bits per heavy atom. The quantitative estimate of drug-likeness (QED) is 0.822. The molecular formula is C14H19N5O. The van der Waals surface area contributed by atoms with Gasteiger partial charge in [0.1, 0.15) is 5.82 Å². The van der Waals surface area contributed by atoms with E-state index in [1.54, 1.807) is 13.3 Å². The number of methoxy groups -OCH3 is 1. The van der Waals surface area contributed by atoms with Gasteiger partial charge in [0.2, 0.25) is 0 Å². The normalized spacial score (nSPS) is 17.9. The minimum absolute atomic E-state index is 0.0844. The van der Waals surface area contributed by atoms with E-state index in [9.17, 15) is 0 Å². The zero-order valence-corrected chi connectivity index (χ0v) is 11.6. The lowest BCUT2D eigenvalue weighted by molar-refractivity contribution is 0.194. The lowest BCUT2D eigenvalue weighted by Crippen LogP contribution is -2.35. The molecule has 0 saturated heterocycles. The topological polar surface area (TPSA) is 64.9 Å². The first kappa shape index (κ1) is 13.2. The third-order valence-electron chi connectivity index (χ3n) is 3.56. The number of hydrogen-bond acceptors (Lipinski definition) is 5. The van der Waals surface area contributed by atoms with Crippen LogP contribution in [0.15, 0.2) is 24.5 Å². The lowest BCUT2D eigenvalue weighted by atomic mass is 10.1. The summed E-state index contributed by atoms with van der Waals surface area (Å²) in [4.78, 5) is 4.19. The second-order valence-electron chi connectivity index (χ2n) is 4.90. The molecule has 0 amide bonds. The summed E-state index contributed by atoms with van der Waals surface area (Å²) in [6.45, 7) is 2.59. The standard InChI is InChI=1S/C14H19N5O/c1-20-9-3-5-12-17-18-14-13(16-7-8-19(12)14)11-4-2-6-15-10-11/h2,4,6,10,13,16H,3,5,7-9H2,1H3. The minimum Gasteiger partial charge on any atom is -0.385 e. The van der Waals surface area contributed by atoms with E-state index in [2.05, 4.69) is 31.1 Å². The number of nitrogens with zero attached hydrogens (tertiary/aromatic N) is 4. The Labute approximate surface area is 118 Å². The molecule has 0 aliphatic carbocycles. The van der Waals surface area contributed by atoms with Crippen LogP contribution in [0.5, 0.6) is 0 Å². The molecule has 1 unspecified atom stereocenters. The molecule has 6 heteroatoms. The molecule has 3 rings (SSSR count). The molecule has 1 atom stereocenters. The molecule has 0 saturated carbocycles. The summed E-state index contributed by atoms with van der Waals surface area (Å²) in [5, 5.41) is 12.2. The molecule has 1 N–H and O–H groups in total. The Morgan fingerprint density at radius 2 is 2.40 bits per heavy atom. The monoisotopic (exact) mass is 273 g/mol. The Bertz CT molecular complexity index is 554. The maximum absolute atomic E-state index is 5.10. The van der Waals surface area contributed by atoms with Crippen LogP contribution in [0.4, 0.5) is 0 Å². The van der Waals surface area contributed by atoms with Crippen molar-refractivity contribution in [2.45, 2.75) is 25.4 Å². The van der Waals surface area contributed by atoms with Crippen molar-refractivity contribution in [3.05, 3.63) is 41.7 Å². The third-order valence-corrected chi connectivity index (χ3v) is 3.56. The highest BCUT2D eigenvalue weighted by molar-refractivity contribution is 5.23. The van der Waals surface area contributed by atoms with Gasteiger partial charge < -0.3 is 14.6 Å². The van der Waals surface area contributed by atoms with Gasteiger partial charge in [0.25, 0.3) is 0 Å². The molecule has 0 aromatic carbocycles. The average molecular weight is 273 g/mol. The van der Waals surface area contributed by atoms with Gasteiger partial charge >= 0.3 is 0 Å². The van der Waals surface area contributed by atoms with Crippen LogP contribution < -0.4 is 5.32 Å². The first-order valence-electron chi connectivity index (χ1n) is 6.94. The second-order valence-corrected chi connectivity index (χ2v) is 4.90. The highest BCUT2D eigenvalue weighted by atomic mass is 16.5. The van der Waals surface area contributed by atoms with Crippen molar-refractivity contribution in [3.8, 4) is 0 Å². The van der Waals surface area contributed by atoms with Crippen LogP contribution in [0.1, 0.15) is 29.7 Å². The number of hydrogen-bond donors (Lipinski definition) is 1. The van der Waals surface area contributed by atoms with Gasteiger partial charge in [-0.1, -0.05) is 6.07 Å². The fourth-order valence-corrected chi connectivity index (χ4v) is 2.59. The summed E-state index contributed by atoms with van der Waals surface area (Å²) in [6, 6.07) is 4.10. The van der Waals surface area contributed by atoms with Gasteiger partial charge in [-0.25, -0.2) is 0 Å². The molecule has 0 fully saturated rings. The number of aryl methyl sites for hydroxylation is 1. The summed E-state index contributed by atoms with van der Waals surface area (Å²) >= 11 is 0. The summed E-state index contributed by atoms with van der Waals surface area (Å²) in [7, 11) is 1.72. The largest absolute Gasteiger partial charge is 0.385 e. The molecule has 1 aliphatic heterocycles. The summed E-state index contributed by atoms with van der Waals surface area (Å²) < 4.78 is 7.32. The maximum atomic E-state index is 5.10. The molecule has 2 aromatic rings. The molecule has 6 nitrogen and oxygen atoms in total. The van der Waals surface area contributed by atoms with E-state index in [0.717, 1.165) is 49.8 Å². The zero-order valence-electron chi connectivity index (χ0n) is 11.6. The fraction of sp³-hybridized carbons (Fsp3) is 0.500. The van der Waals surface area contributed by atoms with Crippen LogP contribution in [0.25, 0.3) is 0 Å². The molecule has 20 heavy (non-hydrogen) atoms. The van der Waals surface area contributed by atoms with E-state index in [0.29, 0.717) is 0 Å². The Hall–Kier alpha value is -1.79. The molecule has 0 spiro atoms. The van der Waals surface area contributed by atoms with E-state index in [-0.39, 0.29) is 6.04 Å². The molecule has 0 bridgehead atoms. The Balaban J connectivity index is 1.83. The predicted molar refractivity (Wildman–Crippen MR) is 74.3 cm³/mol. The van der Waals surface area contributed by atoms with Crippen molar-refractivity contribution in [1.82, 2.24) is 25.1 Å². The molecule has 0 radical (unpaired) electrons. The number of fused-ring (bicyclic) bond motifs is 1. The average Bonchev–Trinajstić information content (AvgIpc) is 2.92. The maximum Gasteiger partial charge on any atom is 0.154 e. The van der Waals surface area contributed by atoms with Gasteiger partial charge in [-0.2, -0.15) is 0 Å². The van der Waals surface area contributed by atoms with Crippen LogP contribution in [0.2, 0.25) is 0 Å². The fourth-order valence-electron chi connectivity index (χ4n) is 2.59. The van der Waals surface area contributed by atoms with Crippen LogP contribution in [-0.4, -0.2) is 40.0 Å². The van der Waals surface area contributed by atoms with Gasteiger partial charge in [-0.05, 0) is 18.1 Å². The second kappa shape index (κ2) is 6.11. The zero-order chi connectivity index (χ0) is 13.8. The number of ether oxygens (including phenoxy) is 1. The van der Waals surface area contributed by atoms with Crippen molar-refractivity contribution < 1.29 is 4.74 Å². The molecule has 3 heterocycles. The van der Waals surface area contributed by atoms with Crippen molar-refractivity contribution in [2.75, 3.05) is 20.3 Å². The van der Waals surface area contributed by atoms with Crippen LogP contribution >= 0.6 is 0 Å². The number of pyridine rings is 1. The van der Waals surface area contributed by atoms with Gasteiger partial charge in [0.15, 0.2) is 5.82 Å². The number of rotatable bonds is 5. The van der Waals surface area contributed by atoms with Crippen molar-refractivity contribution in [2.24, 2.45) is 0 Å². The molecule has 106 valence electrons. The van der Waals surface area contributed by atoms with E-state index in [1.165, 1.54) is 0 Å². The van der Waals surface area contributed by atoms with Crippen molar-refractivity contribution >= 4 is 0 Å². The Morgan fingerprint density at radius 1 is 1.45 bits per heavy atom. The summed E-state index contributed by atoms with van der Waals surface area (Å²) in [5.41, 5.74) is 1.13. The number of nitrogens with one attached hydrogen (secondary N) is 1. The van der Waals surface area contributed by atoms with Gasteiger partial charge in [0, 0.05) is 45.6 Å². The van der Waals surface area contributed by atoms with E-state index in [1.807, 2.05) is 12.3 Å². The minimum atomic E-state index is 0.0844. The lowest BCUT2D eigenvalue weighted by Gasteiger charge is -2.25. The molecular weight excluding hydrogens is 254 g/mol.